The van der Waals surface area contributed by atoms with Crippen molar-refractivity contribution in [3.05, 3.63) is 53.6 Å². The molecule has 1 aromatic rings. The first-order valence-electron chi connectivity index (χ1n) is 18.1. The van der Waals surface area contributed by atoms with Crippen molar-refractivity contribution in [2.75, 3.05) is 27.9 Å². The van der Waals surface area contributed by atoms with E-state index in [1.807, 2.05) is 12.1 Å². The number of allylic oxidation sites excluding steroid dienone is 3. The Kier molecular flexibility index (Phi) is 8.76. The highest BCUT2D eigenvalue weighted by Crippen LogP contribution is 2.76. The Labute approximate surface area is 279 Å². The molecule has 0 saturated heterocycles. The molecule has 5 nitrogen and oxygen atoms in total. The van der Waals surface area contributed by atoms with Crippen molar-refractivity contribution in [3.8, 4) is 0 Å². The molecule has 0 aromatic heterocycles. The fourth-order valence-electron chi connectivity index (χ4n) is 13.0. The third-order valence-electron chi connectivity index (χ3n) is 15.4. The predicted molar refractivity (Wildman–Crippen MR) is 186 cm³/mol. The number of benzene rings is 1. The number of carbonyl (C=O) groups is 1. The van der Waals surface area contributed by atoms with Gasteiger partial charge in [0, 0.05) is 26.3 Å². The van der Waals surface area contributed by atoms with Gasteiger partial charge in [0.1, 0.15) is 0 Å². The number of rotatable bonds is 8. The lowest BCUT2D eigenvalue weighted by molar-refractivity contribution is -0.220. The van der Waals surface area contributed by atoms with Gasteiger partial charge in [0.05, 0.1) is 12.7 Å². The lowest BCUT2D eigenvalue weighted by Gasteiger charge is -2.72. The largest absolute Gasteiger partial charge is 0.465 e. The Morgan fingerprint density at radius 1 is 0.891 bits per heavy atom. The molecule has 0 radical (unpaired) electrons. The lowest BCUT2D eigenvalue weighted by Crippen LogP contribution is -2.68. The van der Waals surface area contributed by atoms with Gasteiger partial charge in [-0.05, 0) is 139 Å². The third-order valence-corrected chi connectivity index (χ3v) is 15.4. The number of carbonyl (C=O) groups excluding carboxylic acids is 1. The second-order valence-corrected chi connectivity index (χ2v) is 17.2. The Bertz CT molecular complexity index is 1360. The minimum atomic E-state index is -0.274. The maximum absolute atomic E-state index is 12.1. The molecule has 5 aliphatic carbocycles. The summed E-state index contributed by atoms with van der Waals surface area (Å²) in [5, 5.41) is 4.09. The molecule has 0 spiro atoms. The van der Waals surface area contributed by atoms with Crippen LogP contribution in [0.3, 0.4) is 0 Å². The van der Waals surface area contributed by atoms with Crippen LogP contribution in [0.15, 0.2) is 42.5 Å². The standard InChI is InChI=1S/C41H61NO4/c1-26(2)29-17-22-41(42-25-34(44-8)45-9)24-23-39(6)31(35(29)41)15-16-33-38(5)20-18-30(27-11-13-28(14-12-27)36(43)46-10)37(3,4)32(38)19-21-40(33,39)7/h11-14,18,29,31-35,42H,1,15-17,19-25H2,2-10H3. The number of hydrogen-bond acceptors (Lipinski definition) is 5. The molecule has 254 valence electrons. The maximum Gasteiger partial charge on any atom is 0.337 e. The highest BCUT2D eigenvalue weighted by atomic mass is 16.7. The first kappa shape index (κ1) is 33.9. The van der Waals surface area contributed by atoms with Crippen molar-refractivity contribution < 1.29 is 19.0 Å². The van der Waals surface area contributed by atoms with Crippen molar-refractivity contribution in [2.24, 2.45) is 51.2 Å². The van der Waals surface area contributed by atoms with E-state index in [1.54, 1.807) is 14.2 Å². The highest BCUT2D eigenvalue weighted by Gasteiger charge is 2.70. The molecule has 5 aliphatic rings. The minimum Gasteiger partial charge on any atom is -0.465 e. The summed E-state index contributed by atoms with van der Waals surface area (Å²) >= 11 is 0. The molecule has 1 N–H and O–H groups in total. The SMILES string of the molecule is C=C(C)C1CCC2(NCC(OC)OC)CCC3(C)C(CCC4C5(C)CC=C(c6ccc(C(=O)OC)cc6)C(C)(C)C5CCC43C)C12. The molecule has 4 fully saturated rings. The van der Waals surface area contributed by atoms with Gasteiger partial charge in [0.15, 0.2) is 6.29 Å². The van der Waals surface area contributed by atoms with Crippen LogP contribution in [0.5, 0.6) is 0 Å². The molecule has 46 heavy (non-hydrogen) atoms. The van der Waals surface area contributed by atoms with Crippen LogP contribution in [0.2, 0.25) is 0 Å². The van der Waals surface area contributed by atoms with Crippen molar-refractivity contribution in [2.45, 2.75) is 111 Å². The summed E-state index contributed by atoms with van der Waals surface area (Å²) in [5.41, 5.74) is 5.76. The van der Waals surface area contributed by atoms with Gasteiger partial charge in [-0.3, -0.25) is 0 Å². The molecule has 6 rings (SSSR count). The number of fused-ring (bicyclic) bond motifs is 7. The van der Waals surface area contributed by atoms with Crippen molar-refractivity contribution in [1.29, 1.82) is 0 Å². The van der Waals surface area contributed by atoms with Crippen LogP contribution in [-0.2, 0) is 14.2 Å². The number of nitrogens with one attached hydrogen (secondary N) is 1. The van der Waals surface area contributed by atoms with E-state index < -0.39 is 0 Å². The van der Waals surface area contributed by atoms with E-state index in [0.717, 1.165) is 13.0 Å². The molecular weight excluding hydrogens is 570 g/mol. The molecule has 9 unspecified atom stereocenters. The summed E-state index contributed by atoms with van der Waals surface area (Å²) in [5.74, 6) is 2.94. The van der Waals surface area contributed by atoms with E-state index in [9.17, 15) is 4.79 Å². The highest BCUT2D eigenvalue weighted by molar-refractivity contribution is 5.89. The zero-order valence-electron chi connectivity index (χ0n) is 30.3. The van der Waals surface area contributed by atoms with Crippen LogP contribution in [0.25, 0.3) is 5.57 Å². The first-order chi connectivity index (χ1) is 21.7. The second-order valence-electron chi connectivity index (χ2n) is 17.2. The minimum absolute atomic E-state index is 0.0558. The summed E-state index contributed by atoms with van der Waals surface area (Å²) in [4.78, 5) is 12.1. The van der Waals surface area contributed by atoms with Gasteiger partial charge in [0.2, 0.25) is 0 Å². The smallest absolute Gasteiger partial charge is 0.337 e. The molecule has 1 aromatic carbocycles. The fourth-order valence-corrected chi connectivity index (χ4v) is 13.0. The van der Waals surface area contributed by atoms with Crippen LogP contribution in [0.1, 0.15) is 115 Å². The molecular formula is C41H61NO4. The van der Waals surface area contributed by atoms with Gasteiger partial charge in [-0.2, -0.15) is 0 Å². The summed E-state index contributed by atoms with van der Waals surface area (Å²) in [6.45, 7) is 20.7. The van der Waals surface area contributed by atoms with E-state index in [4.69, 9.17) is 14.2 Å². The monoisotopic (exact) mass is 631 g/mol. The molecule has 0 heterocycles. The van der Waals surface area contributed by atoms with Gasteiger partial charge < -0.3 is 19.5 Å². The molecule has 9 atom stereocenters. The zero-order chi connectivity index (χ0) is 33.3. The van der Waals surface area contributed by atoms with E-state index in [1.165, 1.54) is 75.2 Å². The average molecular weight is 632 g/mol. The number of methoxy groups -OCH3 is 3. The average Bonchev–Trinajstić information content (AvgIpc) is 3.41. The lowest BCUT2D eigenvalue weighted by atomic mass is 9.33. The number of ether oxygens (including phenoxy) is 3. The van der Waals surface area contributed by atoms with Crippen LogP contribution >= 0.6 is 0 Å². The number of hydrogen-bond donors (Lipinski definition) is 1. The van der Waals surface area contributed by atoms with Gasteiger partial charge in [-0.25, -0.2) is 4.79 Å². The van der Waals surface area contributed by atoms with Crippen LogP contribution in [-0.4, -0.2) is 45.7 Å². The third kappa shape index (κ3) is 4.84. The van der Waals surface area contributed by atoms with E-state index in [0.29, 0.717) is 46.0 Å². The van der Waals surface area contributed by atoms with E-state index >= 15 is 0 Å². The molecule has 0 aliphatic heterocycles. The normalized spacial score (nSPS) is 41.1. The Morgan fingerprint density at radius 3 is 2.22 bits per heavy atom. The van der Waals surface area contributed by atoms with Crippen LogP contribution in [0, 0.1) is 51.2 Å². The molecule has 4 saturated carbocycles. The Balaban J connectivity index is 1.32. The van der Waals surface area contributed by atoms with Crippen LogP contribution < -0.4 is 5.32 Å². The topological polar surface area (TPSA) is 56.8 Å². The number of esters is 1. The van der Waals surface area contributed by atoms with Gasteiger partial charge >= 0.3 is 5.97 Å². The fraction of sp³-hybridized carbons (Fsp3) is 0.732. The molecule has 5 heteroatoms. The van der Waals surface area contributed by atoms with E-state index in [2.05, 4.69) is 71.6 Å². The second kappa shape index (κ2) is 11.9. The Morgan fingerprint density at radius 2 is 1.59 bits per heavy atom. The summed E-state index contributed by atoms with van der Waals surface area (Å²) in [6.07, 6.45) is 13.7. The van der Waals surface area contributed by atoms with E-state index in [-0.39, 0.29) is 28.6 Å². The Hall–Kier alpha value is -1.95. The molecule has 0 bridgehead atoms. The summed E-state index contributed by atoms with van der Waals surface area (Å²) in [6, 6.07) is 8.11. The van der Waals surface area contributed by atoms with Crippen molar-refractivity contribution in [1.82, 2.24) is 5.32 Å². The maximum atomic E-state index is 12.1. The van der Waals surface area contributed by atoms with Crippen LogP contribution in [0.4, 0.5) is 0 Å². The predicted octanol–water partition coefficient (Wildman–Crippen LogP) is 9.09. The quantitative estimate of drug-likeness (QED) is 0.176. The first-order valence-corrected chi connectivity index (χ1v) is 18.1. The summed E-state index contributed by atoms with van der Waals surface area (Å²) in [7, 11) is 4.94. The molecule has 0 amide bonds. The van der Waals surface area contributed by atoms with Crippen molar-refractivity contribution >= 4 is 11.5 Å². The van der Waals surface area contributed by atoms with Crippen molar-refractivity contribution in [3.63, 3.8) is 0 Å². The van der Waals surface area contributed by atoms with Gasteiger partial charge in [-0.1, -0.05) is 65.0 Å². The summed E-state index contributed by atoms with van der Waals surface area (Å²) < 4.78 is 16.2. The zero-order valence-corrected chi connectivity index (χ0v) is 30.3. The van der Waals surface area contributed by atoms with Gasteiger partial charge in [0.25, 0.3) is 0 Å². The van der Waals surface area contributed by atoms with Gasteiger partial charge in [-0.15, -0.1) is 0 Å².